The summed E-state index contributed by atoms with van der Waals surface area (Å²) in [5.41, 5.74) is -0.133. The van der Waals surface area contributed by atoms with Gasteiger partial charge < -0.3 is 10.1 Å². The fraction of sp³-hybridized carbons (Fsp3) is 0.353. The third-order valence-corrected chi connectivity index (χ3v) is 3.74. The minimum atomic E-state index is -0.599. The summed E-state index contributed by atoms with van der Waals surface area (Å²) in [4.78, 5) is 24.0. The van der Waals surface area contributed by atoms with Crippen molar-refractivity contribution >= 4 is 5.82 Å². The van der Waals surface area contributed by atoms with Crippen molar-refractivity contribution < 1.29 is 4.74 Å². The Kier molecular flexibility index (Phi) is 5.42. The third kappa shape index (κ3) is 3.33. The highest BCUT2D eigenvalue weighted by Gasteiger charge is 2.15. The zero-order valence-electron chi connectivity index (χ0n) is 14.0. The minimum Gasteiger partial charge on any atom is -0.494 e. The van der Waals surface area contributed by atoms with Crippen LogP contribution in [0.3, 0.4) is 0 Å². The Morgan fingerprint density at radius 3 is 2.58 bits per heavy atom. The van der Waals surface area contributed by atoms with E-state index in [2.05, 4.69) is 5.32 Å². The molecule has 1 aromatic carbocycles. The van der Waals surface area contributed by atoms with Crippen molar-refractivity contribution in [1.29, 1.82) is 5.26 Å². The van der Waals surface area contributed by atoms with Gasteiger partial charge in [-0.3, -0.25) is 13.9 Å². The average molecular weight is 328 g/mol. The van der Waals surface area contributed by atoms with E-state index in [9.17, 15) is 14.9 Å². The Bertz CT molecular complexity index is 890. The molecule has 0 fully saturated rings. The summed E-state index contributed by atoms with van der Waals surface area (Å²) in [7, 11) is 2.88. The first-order chi connectivity index (χ1) is 11.5. The first-order valence-electron chi connectivity index (χ1n) is 7.66. The number of ether oxygens (including phenoxy) is 1. The van der Waals surface area contributed by atoms with Gasteiger partial charge in [0.15, 0.2) is 5.56 Å². The smallest absolute Gasteiger partial charge is 0.332 e. The number of nitrogens with one attached hydrogen (secondary N) is 1. The van der Waals surface area contributed by atoms with Crippen LogP contribution in [-0.4, -0.2) is 22.3 Å². The quantitative estimate of drug-likeness (QED) is 0.855. The van der Waals surface area contributed by atoms with E-state index in [4.69, 9.17) is 4.74 Å². The number of nitriles is 1. The highest BCUT2D eigenvalue weighted by Crippen LogP contribution is 2.18. The summed E-state index contributed by atoms with van der Waals surface area (Å²) < 4.78 is 7.77. The van der Waals surface area contributed by atoms with E-state index in [1.165, 1.54) is 18.7 Å². The van der Waals surface area contributed by atoms with Gasteiger partial charge in [0.1, 0.15) is 17.6 Å². The van der Waals surface area contributed by atoms with Crippen LogP contribution in [0.15, 0.2) is 33.9 Å². The van der Waals surface area contributed by atoms with Crippen molar-refractivity contribution in [1.82, 2.24) is 9.13 Å². The molecule has 24 heavy (non-hydrogen) atoms. The maximum absolute atomic E-state index is 12.0. The van der Waals surface area contributed by atoms with E-state index in [-0.39, 0.29) is 11.4 Å². The van der Waals surface area contributed by atoms with Gasteiger partial charge >= 0.3 is 5.69 Å². The van der Waals surface area contributed by atoms with Crippen molar-refractivity contribution in [3.8, 4) is 11.8 Å². The Labute approximate surface area is 139 Å². The van der Waals surface area contributed by atoms with Gasteiger partial charge in [0.2, 0.25) is 0 Å². The largest absolute Gasteiger partial charge is 0.494 e. The van der Waals surface area contributed by atoms with Crippen molar-refractivity contribution in [2.75, 3.05) is 18.5 Å². The molecule has 0 atom stereocenters. The predicted octanol–water partition coefficient (Wildman–Crippen LogP) is 1.01. The molecule has 0 saturated heterocycles. The number of para-hydroxylation sites is 1. The molecule has 1 N–H and O–H groups in total. The lowest BCUT2D eigenvalue weighted by atomic mass is 10.1. The second kappa shape index (κ2) is 7.51. The topological polar surface area (TPSA) is 89.1 Å². The van der Waals surface area contributed by atoms with Gasteiger partial charge in [0.05, 0.1) is 6.61 Å². The van der Waals surface area contributed by atoms with Gasteiger partial charge in [-0.2, -0.15) is 5.26 Å². The van der Waals surface area contributed by atoms with Crippen LogP contribution in [0.25, 0.3) is 0 Å². The van der Waals surface area contributed by atoms with Crippen LogP contribution in [-0.2, 0) is 20.5 Å². The Balaban J connectivity index is 2.24. The van der Waals surface area contributed by atoms with Crippen LogP contribution in [0.1, 0.15) is 18.1 Å². The van der Waals surface area contributed by atoms with Gasteiger partial charge in [-0.05, 0) is 25.0 Å². The first kappa shape index (κ1) is 17.3. The van der Waals surface area contributed by atoms with E-state index in [1.54, 1.807) is 0 Å². The molecule has 0 amide bonds. The van der Waals surface area contributed by atoms with Crippen molar-refractivity contribution in [2.24, 2.45) is 14.1 Å². The van der Waals surface area contributed by atoms with Crippen LogP contribution < -0.4 is 21.3 Å². The van der Waals surface area contributed by atoms with E-state index < -0.39 is 11.2 Å². The lowest BCUT2D eigenvalue weighted by Crippen LogP contribution is -2.40. The Morgan fingerprint density at radius 1 is 1.21 bits per heavy atom. The molecule has 2 aromatic rings. The molecule has 0 spiro atoms. The first-order valence-corrected chi connectivity index (χ1v) is 7.66. The van der Waals surface area contributed by atoms with Crippen molar-refractivity contribution in [3.63, 3.8) is 0 Å². The maximum Gasteiger partial charge on any atom is 0.332 e. The summed E-state index contributed by atoms with van der Waals surface area (Å²) >= 11 is 0. The van der Waals surface area contributed by atoms with Gasteiger partial charge in [-0.25, -0.2) is 4.79 Å². The molecule has 0 radical (unpaired) electrons. The number of hydrogen-bond acceptors (Lipinski definition) is 5. The Morgan fingerprint density at radius 2 is 1.92 bits per heavy atom. The van der Waals surface area contributed by atoms with Crippen LogP contribution in [0.4, 0.5) is 5.82 Å². The molecule has 1 aromatic heterocycles. The standard InChI is InChI=1S/C17H20N4O3/c1-4-24-14-8-6-5-7-12(14)9-10-19-15-13(11-18)16(22)21(3)17(23)20(15)2/h5-8,19H,4,9-10H2,1-3H3. The van der Waals surface area contributed by atoms with Gasteiger partial charge in [-0.15, -0.1) is 0 Å². The van der Waals surface area contributed by atoms with Crippen LogP contribution in [0.5, 0.6) is 5.75 Å². The molecule has 0 unspecified atom stereocenters. The molecule has 0 aliphatic rings. The highest BCUT2D eigenvalue weighted by atomic mass is 16.5. The van der Waals surface area contributed by atoms with Crippen molar-refractivity contribution in [2.45, 2.75) is 13.3 Å². The molecular formula is C17H20N4O3. The Hall–Kier alpha value is -3.01. The number of aromatic nitrogens is 2. The molecule has 2 rings (SSSR count). The molecule has 0 aliphatic heterocycles. The molecule has 0 saturated carbocycles. The molecule has 126 valence electrons. The zero-order valence-corrected chi connectivity index (χ0v) is 14.0. The second-order valence-corrected chi connectivity index (χ2v) is 5.26. The lowest BCUT2D eigenvalue weighted by molar-refractivity contribution is 0.336. The fourth-order valence-electron chi connectivity index (χ4n) is 2.47. The van der Waals surface area contributed by atoms with Gasteiger partial charge in [0.25, 0.3) is 5.56 Å². The number of anilines is 1. The lowest BCUT2D eigenvalue weighted by Gasteiger charge is -2.14. The zero-order chi connectivity index (χ0) is 17.7. The molecule has 1 heterocycles. The maximum atomic E-state index is 12.0. The molecular weight excluding hydrogens is 308 g/mol. The molecule has 7 nitrogen and oxygen atoms in total. The number of nitrogens with zero attached hydrogens (tertiary/aromatic N) is 3. The highest BCUT2D eigenvalue weighted by molar-refractivity contribution is 5.51. The van der Waals surface area contributed by atoms with Crippen LogP contribution in [0.2, 0.25) is 0 Å². The van der Waals surface area contributed by atoms with Crippen LogP contribution >= 0.6 is 0 Å². The minimum absolute atomic E-state index is 0.0716. The van der Waals surface area contributed by atoms with E-state index in [0.29, 0.717) is 19.6 Å². The number of benzene rings is 1. The van der Waals surface area contributed by atoms with Crippen LogP contribution in [0, 0.1) is 11.3 Å². The van der Waals surface area contributed by atoms with Gasteiger partial charge in [-0.1, -0.05) is 18.2 Å². The number of hydrogen-bond donors (Lipinski definition) is 1. The second-order valence-electron chi connectivity index (χ2n) is 5.26. The summed E-state index contributed by atoms with van der Waals surface area (Å²) in [6.45, 7) is 2.95. The summed E-state index contributed by atoms with van der Waals surface area (Å²) in [5.74, 6) is 1.04. The van der Waals surface area contributed by atoms with Crippen molar-refractivity contribution in [3.05, 3.63) is 56.2 Å². The molecule has 0 bridgehead atoms. The van der Waals surface area contributed by atoms with Gasteiger partial charge in [0, 0.05) is 20.6 Å². The van der Waals surface area contributed by atoms with E-state index in [0.717, 1.165) is 15.9 Å². The third-order valence-electron chi connectivity index (χ3n) is 3.74. The average Bonchev–Trinajstić information content (AvgIpc) is 2.59. The summed E-state index contributed by atoms with van der Waals surface area (Å²) in [6, 6.07) is 9.55. The molecule has 7 heteroatoms. The monoisotopic (exact) mass is 328 g/mol. The number of rotatable bonds is 6. The SMILES string of the molecule is CCOc1ccccc1CCNc1c(C#N)c(=O)n(C)c(=O)n1C. The fourth-order valence-corrected chi connectivity index (χ4v) is 2.47. The summed E-state index contributed by atoms with van der Waals surface area (Å²) in [5, 5.41) is 12.3. The molecule has 0 aliphatic carbocycles. The van der Waals surface area contributed by atoms with E-state index >= 15 is 0 Å². The summed E-state index contributed by atoms with van der Waals surface area (Å²) in [6.07, 6.45) is 0.629. The normalized spacial score (nSPS) is 10.2. The van der Waals surface area contributed by atoms with E-state index in [1.807, 2.05) is 37.3 Å². The predicted molar refractivity (Wildman–Crippen MR) is 91.4 cm³/mol.